The van der Waals surface area contributed by atoms with Crippen molar-refractivity contribution < 1.29 is 17.9 Å². The predicted octanol–water partition coefficient (Wildman–Crippen LogP) is 3.80. The summed E-state index contributed by atoms with van der Waals surface area (Å²) in [4.78, 5) is 17.4. The molecule has 1 saturated heterocycles. The molecule has 0 aromatic heterocycles. The molecule has 7 nitrogen and oxygen atoms in total. The van der Waals surface area contributed by atoms with Crippen LogP contribution in [-0.2, 0) is 16.4 Å². The maximum atomic E-state index is 13.6. The Bertz CT molecular complexity index is 1350. The number of anilines is 2. The molecular weight excluding hydrogens is 462 g/mol. The quantitative estimate of drug-likeness (QED) is 0.543. The number of piperazine rings is 1. The molecule has 2 aliphatic heterocycles. The van der Waals surface area contributed by atoms with Gasteiger partial charge in [0.2, 0.25) is 0 Å². The molecule has 1 fully saturated rings. The number of amides is 1. The summed E-state index contributed by atoms with van der Waals surface area (Å²) in [6, 6.07) is 21.7. The highest BCUT2D eigenvalue weighted by atomic mass is 32.2. The average Bonchev–Trinajstić information content (AvgIpc) is 3.24. The third-order valence-corrected chi connectivity index (χ3v) is 8.70. The van der Waals surface area contributed by atoms with E-state index in [1.807, 2.05) is 55.5 Å². The van der Waals surface area contributed by atoms with E-state index in [2.05, 4.69) is 4.90 Å². The molecule has 1 amide bonds. The first-order valence-electron chi connectivity index (χ1n) is 11.8. The lowest BCUT2D eigenvalue weighted by Crippen LogP contribution is -2.48. The van der Waals surface area contributed by atoms with Crippen LogP contribution in [0.1, 0.15) is 22.8 Å². The molecule has 2 aliphatic rings. The lowest BCUT2D eigenvalue weighted by molar-refractivity contribution is 0.0746. The summed E-state index contributed by atoms with van der Waals surface area (Å²) in [6.45, 7) is 4.35. The van der Waals surface area contributed by atoms with Crippen LogP contribution in [0.15, 0.2) is 77.7 Å². The van der Waals surface area contributed by atoms with Crippen LogP contribution in [0.3, 0.4) is 0 Å². The van der Waals surface area contributed by atoms with Crippen LogP contribution >= 0.6 is 0 Å². The van der Waals surface area contributed by atoms with Crippen LogP contribution in [-0.4, -0.2) is 58.6 Å². The molecule has 3 aromatic rings. The van der Waals surface area contributed by atoms with E-state index < -0.39 is 10.0 Å². The third kappa shape index (κ3) is 4.23. The van der Waals surface area contributed by atoms with Crippen molar-refractivity contribution in [3.8, 4) is 5.75 Å². The van der Waals surface area contributed by atoms with E-state index >= 15 is 0 Å². The van der Waals surface area contributed by atoms with E-state index in [0.29, 0.717) is 43.9 Å². The SMILES string of the molecule is COc1ccccc1N1CCN(C(=O)c2cccc(S(=O)(=O)N3c4ccccc4C[C@@H]3C)c2)CC1. The van der Waals surface area contributed by atoms with Crippen LogP contribution < -0.4 is 13.9 Å². The summed E-state index contributed by atoms with van der Waals surface area (Å²) in [5.41, 5.74) is 3.13. The second-order valence-corrected chi connectivity index (χ2v) is 10.8. The molecule has 1 atom stereocenters. The number of benzene rings is 3. The van der Waals surface area contributed by atoms with Crippen LogP contribution in [0.5, 0.6) is 5.75 Å². The molecule has 3 aromatic carbocycles. The minimum Gasteiger partial charge on any atom is -0.495 e. The number of nitrogens with zero attached hydrogens (tertiary/aromatic N) is 3. The summed E-state index contributed by atoms with van der Waals surface area (Å²) in [5, 5.41) is 0. The Morgan fingerprint density at radius 3 is 2.31 bits per heavy atom. The number of carbonyl (C=O) groups is 1. The normalized spacial score (nSPS) is 17.9. The van der Waals surface area contributed by atoms with Crippen LogP contribution in [0.25, 0.3) is 0 Å². The number of carbonyl (C=O) groups excluding carboxylic acids is 1. The van der Waals surface area contributed by atoms with Crippen molar-refractivity contribution in [2.45, 2.75) is 24.3 Å². The lowest BCUT2D eigenvalue weighted by atomic mass is 10.1. The van der Waals surface area contributed by atoms with E-state index in [-0.39, 0.29) is 16.8 Å². The van der Waals surface area contributed by atoms with Gasteiger partial charge >= 0.3 is 0 Å². The zero-order valence-electron chi connectivity index (χ0n) is 19.9. The maximum Gasteiger partial charge on any atom is 0.264 e. The van der Waals surface area contributed by atoms with Gasteiger partial charge in [0.25, 0.3) is 15.9 Å². The molecule has 182 valence electrons. The van der Waals surface area contributed by atoms with Crippen molar-refractivity contribution in [2.24, 2.45) is 0 Å². The van der Waals surface area contributed by atoms with Crippen LogP contribution in [0, 0.1) is 0 Å². The average molecular weight is 492 g/mol. The van der Waals surface area contributed by atoms with Gasteiger partial charge in [-0.05, 0) is 55.3 Å². The van der Waals surface area contributed by atoms with E-state index in [9.17, 15) is 13.2 Å². The number of rotatable bonds is 5. The lowest BCUT2D eigenvalue weighted by Gasteiger charge is -2.36. The second-order valence-electron chi connectivity index (χ2n) is 8.96. The number of fused-ring (bicyclic) bond motifs is 1. The third-order valence-electron chi connectivity index (χ3n) is 6.78. The number of methoxy groups -OCH3 is 1. The number of ether oxygens (including phenoxy) is 1. The molecule has 0 spiro atoms. The fourth-order valence-corrected chi connectivity index (χ4v) is 6.77. The minimum atomic E-state index is -3.80. The van der Waals surface area contributed by atoms with Gasteiger partial charge < -0.3 is 14.5 Å². The van der Waals surface area contributed by atoms with Crippen LogP contribution in [0.2, 0.25) is 0 Å². The molecule has 35 heavy (non-hydrogen) atoms. The molecule has 0 bridgehead atoms. The fourth-order valence-electron chi connectivity index (χ4n) is 5.03. The Balaban J connectivity index is 1.34. The molecule has 0 radical (unpaired) electrons. The van der Waals surface area contributed by atoms with Crippen molar-refractivity contribution in [2.75, 3.05) is 42.5 Å². The molecule has 5 rings (SSSR count). The summed E-state index contributed by atoms with van der Waals surface area (Å²) in [5.74, 6) is 0.652. The molecule has 8 heteroatoms. The van der Waals surface area contributed by atoms with Gasteiger partial charge in [-0.15, -0.1) is 0 Å². The van der Waals surface area contributed by atoms with E-state index in [0.717, 1.165) is 17.0 Å². The molecule has 0 saturated carbocycles. The zero-order valence-corrected chi connectivity index (χ0v) is 20.7. The summed E-state index contributed by atoms with van der Waals surface area (Å²) in [6.07, 6.45) is 0.671. The maximum absolute atomic E-state index is 13.6. The Morgan fingerprint density at radius 1 is 0.886 bits per heavy atom. The number of hydrogen-bond donors (Lipinski definition) is 0. The largest absolute Gasteiger partial charge is 0.495 e. The second kappa shape index (κ2) is 9.26. The molecular formula is C27H29N3O4S. The minimum absolute atomic E-state index is 0.138. The van der Waals surface area contributed by atoms with Crippen molar-refractivity contribution >= 4 is 27.3 Å². The summed E-state index contributed by atoms with van der Waals surface area (Å²) < 4.78 is 34.2. The monoisotopic (exact) mass is 491 g/mol. The topological polar surface area (TPSA) is 70.2 Å². The van der Waals surface area contributed by atoms with Gasteiger partial charge in [0.05, 0.1) is 23.4 Å². The standard InChI is InChI=1S/C27H29N3O4S/c1-20-18-21-8-3-4-11-24(21)30(20)35(32,33)23-10-7-9-22(19-23)27(31)29-16-14-28(15-17-29)25-12-5-6-13-26(25)34-2/h3-13,19-20H,14-18H2,1-2H3/t20-/m0/s1. The first kappa shape index (κ1) is 23.2. The van der Waals surface area contributed by atoms with E-state index in [1.54, 1.807) is 30.2 Å². The predicted molar refractivity (Wildman–Crippen MR) is 137 cm³/mol. The Labute approximate surface area is 206 Å². The molecule has 0 unspecified atom stereocenters. The molecule has 0 aliphatic carbocycles. The van der Waals surface area contributed by atoms with Gasteiger partial charge in [0, 0.05) is 37.8 Å². The highest BCUT2D eigenvalue weighted by Gasteiger charge is 2.36. The summed E-state index contributed by atoms with van der Waals surface area (Å²) >= 11 is 0. The van der Waals surface area contributed by atoms with Gasteiger partial charge in [-0.25, -0.2) is 8.42 Å². The highest BCUT2D eigenvalue weighted by molar-refractivity contribution is 7.92. The van der Waals surface area contributed by atoms with Crippen molar-refractivity contribution in [3.05, 3.63) is 83.9 Å². The van der Waals surface area contributed by atoms with Crippen molar-refractivity contribution in [1.82, 2.24) is 4.90 Å². The zero-order chi connectivity index (χ0) is 24.6. The Morgan fingerprint density at radius 2 is 1.57 bits per heavy atom. The van der Waals surface area contributed by atoms with Crippen molar-refractivity contribution in [1.29, 1.82) is 0 Å². The van der Waals surface area contributed by atoms with Gasteiger partial charge in [-0.2, -0.15) is 0 Å². The number of para-hydroxylation sites is 3. The Kier molecular flexibility index (Phi) is 6.15. The van der Waals surface area contributed by atoms with Gasteiger partial charge in [-0.3, -0.25) is 9.10 Å². The van der Waals surface area contributed by atoms with Gasteiger partial charge in [0.15, 0.2) is 0 Å². The van der Waals surface area contributed by atoms with Gasteiger partial charge in [0.1, 0.15) is 5.75 Å². The summed E-state index contributed by atoms with van der Waals surface area (Å²) in [7, 11) is -2.15. The Hall–Kier alpha value is -3.52. The van der Waals surface area contributed by atoms with E-state index in [1.165, 1.54) is 10.4 Å². The van der Waals surface area contributed by atoms with E-state index in [4.69, 9.17) is 4.74 Å². The first-order valence-corrected chi connectivity index (χ1v) is 13.2. The highest BCUT2D eigenvalue weighted by Crippen LogP contribution is 2.36. The van der Waals surface area contributed by atoms with Crippen molar-refractivity contribution in [3.63, 3.8) is 0 Å². The molecule has 0 N–H and O–H groups in total. The molecule has 2 heterocycles. The fraction of sp³-hybridized carbons (Fsp3) is 0.296. The smallest absolute Gasteiger partial charge is 0.264 e. The van der Waals surface area contributed by atoms with Crippen LogP contribution in [0.4, 0.5) is 11.4 Å². The van der Waals surface area contributed by atoms with Gasteiger partial charge in [-0.1, -0.05) is 36.4 Å². The number of sulfonamides is 1. The first-order chi connectivity index (χ1) is 16.9. The number of hydrogen-bond acceptors (Lipinski definition) is 5.